The average molecular weight is 227 g/mol. The lowest BCUT2D eigenvalue weighted by Crippen LogP contribution is -2.29. The largest absolute Gasteiger partial charge is 0.390 e. The molecule has 86 valence electrons. The summed E-state index contributed by atoms with van der Waals surface area (Å²) in [5, 5.41) is 11.8. The Hall–Kier alpha value is -0.380. The molecule has 0 aliphatic carbocycles. The zero-order valence-electron chi connectivity index (χ0n) is 10.0. The van der Waals surface area contributed by atoms with Gasteiger partial charge in [-0.05, 0) is 45.7 Å². The molecule has 1 unspecified atom stereocenters. The van der Waals surface area contributed by atoms with Crippen molar-refractivity contribution in [2.45, 2.75) is 38.8 Å². The summed E-state index contributed by atoms with van der Waals surface area (Å²) in [6, 6.07) is 4.68. The first-order chi connectivity index (χ1) is 6.90. The zero-order valence-corrected chi connectivity index (χ0v) is 10.8. The second kappa shape index (κ2) is 5.10. The van der Waals surface area contributed by atoms with Crippen LogP contribution in [0.4, 0.5) is 0 Å². The first-order valence-corrected chi connectivity index (χ1v) is 6.24. The van der Waals surface area contributed by atoms with Gasteiger partial charge in [-0.15, -0.1) is 11.3 Å². The number of hydrogen-bond acceptors (Lipinski definition) is 3. The van der Waals surface area contributed by atoms with Crippen molar-refractivity contribution in [3.05, 3.63) is 22.4 Å². The Morgan fingerprint density at radius 3 is 2.67 bits per heavy atom. The fourth-order valence-corrected chi connectivity index (χ4v) is 2.24. The van der Waals surface area contributed by atoms with E-state index in [2.05, 4.69) is 36.4 Å². The molecule has 1 rings (SSSR count). The van der Waals surface area contributed by atoms with Gasteiger partial charge in [-0.2, -0.15) is 0 Å². The van der Waals surface area contributed by atoms with Crippen molar-refractivity contribution >= 4 is 11.3 Å². The molecule has 0 spiro atoms. The highest BCUT2D eigenvalue weighted by Crippen LogP contribution is 2.24. The van der Waals surface area contributed by atoms with Gasteiger partial charge in [0.2, 0.25) is 0 Å². The molecule has 0 amide bonds. The summed E-state index contributed by atoms with van der Waals surface area (Å²) in [7, 11) is 2.11. The van der Waals surface area contributed by atoms with E-state index in [1.165, 1.54) is 4.88 Å². The Morgan fingerprint density at radius 1 is 1.53 bits per heavy atom. The standard InChI is InChI=1S/C12H21NOS/c1-10(11-6-5-9-15-11)13(4)8-7-12(2,3)14/h5-6,9-10,14H,7-8H2,1-4H3. The third kappa shape index (κ3) is 4.33. The molecule has 1 atom stereocenters. The second-order valence-electron chi connectivity index (χ2n) is 4.73. The maximum Gasteiger partial charge on any atom is 0.0603 e. The van der Waals surface area contributed by atoms with Crippen LogP contribution in [0.15, 0.2) is 17.5 Å². The van der Waals surface area contributed by atoms with Gasteiger partial charge in [0.05, 0.1) is 5.60 Å². The average Bonchev–Trinajstić information content (AvgIpc) is 2.64. The van der Waals surface area contributed by atoms with Gasteiger partial charge in [0.15, 0.2) is 0 Å². The van der Waals surface area contributed by atoms with Crippen LogP contribution in [0.25, 0.3) is 0 Å². The fraction of sp³-hybridized carbons (Fsp3) is 0.667. The molecular weight excluding hydrogens is 206 g/mol. The normalized spacial score (nSPS) is 14.5. The Balaban J connectivity index is 2.44. The Bertz CT molecular complexity index is 276. The van der Waals surface area contributed by atoms with Crippen LogP contribution in [-0.4, -0.2) is 29.2 Å². The molecule has 0 saturated heterocycles. The molecule has 0 bridgehead atoms. The van der Waals surface area contributed by atoms with Crippen LogP contribution in [0.5, 0.6) is 0 Å². The minimum Gasteiger partial charge on any atom is -0.390 e. The van der Waals surface area contributed by atoms with E-state index in [1.807, 2.05) is 13.8 Å². The molecule has 0 aliphatic rings. The first-order valence-electron chi connectivity index (χ1n) is 5.36. The van der Waals surface area contributed by atoms with Crippen LogP contribution < -0.4 is 0 Å². The van der Waals surface area contributed by atoms with Crippen LogP contribution >= 0.6 is 11.3 Å². The van der Waals surface area contributed by atoms with Crippen LogP contribution in [0.3, 0.4) is 0 Å². The molecule has 0 fully saturated rings. The summed E-state index contributed by atoms with van der Waals surface area (Å²) >= 11 is 1.79. The lowest BCUT2D eigenvalue weighted by Gasteiger charge is -2.27. The third-order valence-electron chi connectivity index (χ3n) is 2.69. The molecule has 3 heteroatoms. The van der Waals surface area contributed by atoms with Crippen molar-refractivity contribution in [3.8, 4) is 0 Å². The SMILES string of the molecule is CC(c1cccs1)N(C)CCC(C)(C)O. The number of thiophene rings is 1. The molecular formula is C12H21NOS. The van der Waals surface area contributed by atoms with Crippen molar-refractivity contribution in [2.24, 2.45) is 0 Å². The third-order valence-corrected chi connectivity index (χ3v) is 3.73. The number of aliphatic hydroxyl groups is 1. The van der Waals surface area contributed by atoms with Crippen LogP contribution in [0, 0.1) is 0 Å². The van der Waals surface area contributed by atoms with Crippen molar-refractivity contribution in [2.75, 3.05) is 13.6 Å². The molecule has 15 heavy (non-hydrogen) atoms. The van der Waals surface area contributed by atoms with E-state index >= 15 is 0 Å². The van der Waals surface area contributed by atoms with Gasteiger partial charge < -0.3 is 5.11 Å². The molecule has 0 saturated carbocycles. The Kier molecular flexibility index (Phi) is 4.32. The second-order valence-corrected chi connectivity index (χ2v) is 5.71. The topological polar surface area (TPSA) is 23.5 Å². The quantitative estimate of drug-likeness (QED) is 0.836. The smallest absolute Gasteiger partial charge is 0.0603 e. The van der Waals surface area contributed by atoms with E-state index in [0.717, 1.165) is 13.0 Å². The molecule has 0 aromatic carbocycles. The molecule has 0 radical (unpaired) electrons. The highest BCUT2D eigenvalue weighted by molar-refractivity contribution is 7.10. The van der Waals surface area contributed by atoms with Crippen LogP contribution in [0.1, 0.15) is 38.1 Å². The van der Waals surface area contributed by atoms with Gasteiger partial charge in [-0.25, -0.2) is 0 Å². The van der Waals surface area contributed by atoms with Gasteiger partial charge >= 0.3 is 0 Å². The monoisotopic (exact) mass is 227 g/mol. The summed E-state index contributed by atoms with van der Waals surface area (Å²) in [6.45, 7) is 6.84. The van der Waals surface area contributed by atoms with Gasteiger partial charge in [0.25, 0.3) is 0 Å². The Labute approximate surface area is 96.5 Å². The van der Waals surface area contributed by atoms with Crippen molar-refractivity contribution in [3.63, 3.8) is 0 Å². The molecule has 1 aromatic heterocycles. The van der Waals surface area contributed by atoms with Gasteiger partial charge in [0, 0.05) is 17.5 Å². The molecule has 1 aromatic rings. The number of nitrogens with zero attached hydrogens (tertiary/aromatic N) is 1. The first kappa shape index (κ1) is 12.7. The lowest BCUT2D eigenvalue weighted by molar-refractivity contribution is 0.0567. The minimum absolute atomic E-state index is 0.437. The van der Waals surface area contributed by atoms with Gasteiger partial charge in [0.1, 0.15) is 0 Å². The summed E-state index contributed by atoms with van der Waals surface area (Å²) in [6.07, 6.45) is 0.805. The maximum absolute atomic E-state index is 9.65. The van der Waals surface area contributed by atoms with Gasteiger partial charge in [-0.1, -0.05) is 6.07 Å². The summed E-state index contributed by atoms with van der Waals surface area (Å²) < 4.78 is 0. The number of hydrogen-bond donors (Lipinski definition) is 1. The summed E-state index contributed by atoms with van der Waals surface area (Å²) in [5.41, 5.74) is -0.566. The number of rotatable bonds is 5. The van der Waals surface area contributed by atoms with E-state index < -0.39 is 5.60 Å². The van der Waals surface area contributed by atoms with E-state index in [1.54, 1.807) is 11.3 Å². The lowest BCUT2D eigenvalue weighted by atomic mass is 10.1. The predicted octanol–water partition coefficient (Wildman–Crippen LogP) is 2.90. The minimum atomic E-state index is -0.566. The fourth-order valence-electron chi connectivity index (χ4n) is 1.39. The van der Waals surface area contributed by atoms with E-state index in [4.69, 9.17) is 0 Å². The van der Waals surface area contributed by atoms with Crippen molar-refractivity contribution < 1.29 is 5.11 Å². The Morgan fingerprint density at radius 2 is 2.20 bits per heavy atom. The summed E-state index contributed by atoms with van der Waals surface area (Å²) in [5.74, 6) is 0. The maximum atomic E-state index is 9.65. The van der Waals surface area contributed by atoms with Crippen LogP contribution in [0.2, 0.25) is 0 Å². The van der Waals surface area contributed by atoms with Crippen LogP contribution in [-0.2, 0) is 0 Å². The molecule has 0 aliphatic heterocycles. The van der Waals surface area contributed by atoms with E-state index in [9.17, 15) is 5.11 Å². The molecule has 2 nitrogen and oxygen atoms in total. The summed E-state index contributed by atoms with van der Waals surface area (Å²) in [4.78, 5) is 3.66. The molecule has 1 heterocycles. The van der Waals surface area contributed by atoms with Crippen molar-refractivity contribution in [1.82, 2.24) is 4.90 Å². The van der Waals surface area contributed by atoms with E-state index in [-0.39, 0.29) is 0 Å². The van der Waals surface area contributed by atoms with Gasteiger partial charge in [-0.3, -0.25) is 4.90 Å². The van der Waals surface area contributed by atoms with Crippen molar-refractivity contribution in [1.29, 1.82) is 0 Å². The molecule has 1 N–H and O–H groups in total. The van der Waals surface area contributed by atoms with E-state index in [0.29, 0.717) is 6.04 Å². The zero-order chi connectivity index (χ0) is 11.5. The highest BCUT2D eigenvalue weighted by atomic mass is 32.1. The highest BCUT2D eigenvalue weighted by Gasteiger charge is 2.17. The predicted molar refractivity (Wildman–Crippen MR) is 66.3 cm³/mol.